The minimum atomic E-state index is 0.675. The summed E-state index contributed by atoms with van der Waals surface area (Å²) in [5, 5.41) is 3.76. The van der Waals surface area contributed by atoms with Gasteiger partial charge in [0, 0.05) is 15.3 Å². The lowest BCUT2D eigenvalue weighted by atomic mass is 9.98. The third kappa shape index (κ3) is 6.47. The molecule has 0 radical (unpaired) electrons. The van der Waals surface area contributed by atoms with E-state index in [1.165, 1.54) is 79.9 Å². The van der Waals surface area contributed by atoms with Crippen molar-refractivity contribution in [3.63, 3.8) is 0 Å². The van der Waals surface area contributed by atoms with E-state index in [2.05, 4.69) is 52.2 Å². The fourth-order valence-corrected chi connectivity index (χ4v) is 3.45. The van der Waals surface area contributed by atoms with Crippen LogP contribution >= 0.6 is 22.6 Å². The van der Waals surface area contributed by atoms with Crippen LogP contribution in [0.25, 0.3) is 0 Å². The molecule has 2 heteroatoms. The van der Waals surface area contributed by atoms with Gasteiger partial charge >= 0.3 is 0 Å². The summed E-state index contributed by atoms with van der Waals surface area (Å²) in [4.78, 5) is 0. The molecule has 0 spiro atoms. The van der Waals surface area contributed by atoms with Crippen LogP contribution in [0.3, 0.4) is 0 Å². The molecular formula is C18H28IN. The topological polar surface area (TPSA) is 12.0 Å². The zero-order valence-corrected chi connectivity index (χ0v) is 14.7. The summed E-state index contributed by atoms with van der Waals surface area (Å²) in [6.07, 6.45) is 15.6. The highest BCUT2D eigenvalue weighted by atomic mass is 127. The van der Waals surface area contributed by atoms with E-state index in [9.17, 15) is 0 Å². The molecule has 0 saturated heterocycles. The largest absolute Gasteiger partial charge is 0.382 e. The van der Waals surface area contributed by atoms with Crippen molar-refractivity contribution in [2.24, 2.45) is 0 Å². The molecule has 1 aliphatic carbocycles. The van der Waals surface area contributed by atoms with Crippen LogP contribution in [0.15, 0.2) is 24.3 Å². The lowest BCUT2D eigenvalue weighted by Gasteiger charge is -2.20. The number of benzene rings is 1. The minimum absolute atomic E-state index is 0.675. The lowest BCUT2D eigenvalue weighted by Crippen LogP contribution is -2.19. The number of rotatable bonds is 2. The molecule has 20 heavy (non-hydrogen) atoms. The van der Waals surface area contributed by atoms with Gasteiger partial charge in [0.1, 0.15) is 0 Å². The van der Waals surface area contributed by atoms with Crippen molar-refractivity contribution in [3.05, 3.63) is 27.8 Å². The standard InChI is InChI=1S/C18H28IN/c19-16-12-14-18(15-13-16)20-17-10-8-6-4-2-1-3-5-7-9-11-17/h12-15,17,20H,1-11H2. The van der Waals surface area contributed by atoms with Gasteiger partial charge in [0.25, 0.3) is 0 Å². The zero-order chi connectivity index (χ0) is 14.0. The van der Waals surface area contributed by atoms with Gasteiger partial charge in [0.05, 0.1) is 0 Å². The van der Waals surface area contributed by atoms with Crippen LogP contribution in [0, 0.1) is 3.57 Å². The van der Waals surface area contributed by atoms with Gasteiger partial charge in [-0.1, -0.05) is 57.8 Å². The van der Waals surface area contributed by atoms with Crippen molar-refractivity contribution in [2.45, 2.75) is 76.7 Å². The predicted molar refractivity (Wildman–Crippen MR) is 97.4 cm³/mol. The summed E-state index contributed by atoms with van der Waals surface area (Å²) in [6, 6.07) is 9.50. The quantitative estimate of drug-likeness (QED) is 0.583. The van der Waals surface area contributed by atoms with Crippen LogP contribution in [-0.2, 0) is 0 Å². The molecule has 0 heterocycles. The molecule has 1 aromatic rings. The van der Waals surface area contributed by atoms with Crippen LogP contribution in [0.2, 0.25) is 0 Å². The average Bonchev–Trinajstić information content (AvgIpc) is 2.44. The number of hydrogen-bond donors (Lipinski definition) is 1. The fourth-order valence-electron chi connectivity index (χ4n) is 3.09. The summed E-state index contributed by atoms with van der Waals surface area (Å²) in [5.74, 6) is 0. The molecule has 0 aliphatic heterocycles. The second-order valence-electron chi connectivity index (χ2n) is 6.11. The van der Waals surface area contributed by atoms with E-state index < -0.39 is 0 Å². The Morgan fingerprint density at radius 2 is 1.15 bits per heavy atom. The first-order valence-corrected chi connectivity index (χ1v) is 9.44. The van der Waals surface area contributed by atoms with E-state index in [0.29, 0.717) is 6.04 Å². The molecule has 0 amide bonds. The van der Waals surface area contributed by atoms with Crippen molar-refractivity contribution >= 4 is 28.3 Å². The van der Waals surface area contributed by atoms with E-state index in [1.54, 1.807) is 0 Å². The van der Waals surface area contributed by atoms with E-state index in [1.807, 2.05) is 0 Å². The molecule has 1 N–H and O–H groups in total. The molecule has 1 fully saturated rings. The van der Waals surface area contributed by atoms with E-state index in [4.69, 9.17) is 0 Å². The minimum Gasteiger partial charge on any atom is -0.382 e. The summed E-state index contributed by atoms with van der Waals surface area (Å²) < 4.78 is 1.31. The normalized spacial score (nSPS) is 19.9. The van der Waals surface area contributed by atoms with Crippen LogP contribution in [0.4, 0.5) is 5.69 Å². The van der Waals surface area contributed by atoms with Gasteiger partial charge in [-0.15, -0.1) is 0 Å². The van der Waals surface area contributed by atoms with Crippen molar-refractivity contribution in [3.8, 4) is 0 Å². The molecule has 1 saturated carbocycles. The van der Waals surface area contributed by atoms with Crippen molar-refractivity contribution in [1.29, 1.82) is 0 Å². The lowest BCUT2D eigenvalue weighted by molar-refractivity contribution is 0.480. The fraction of sp³-hybridized carbons (Fsp3) is 0.667. The van der Waals surface area contributed by atoms with Crippen LogP contribution in [0.1, 0.15) is 70.6 Å². The summed E-state index contributed by atoms with van der Waals surface area (Å²) in [7, 11) is 0. The third-order valence-electron chi connectivity index (χ3n) is 4.32. The Balaban J connectivity index is 1.83. The smallest absolute Gasteiger partial charge is 0.0343 e. The molecule has 1 aromatic carbocycles. The van der Waals surface area contributed by atoms with Crippen molar-refractivity contribution < 1.29 is 0 Å². The first kappa shape index (κ1) is 16.1. The highest BCUT2D eigenvalue weighted by Crippen LogP contribution is 2.20. The maximum Gasteiger partial charge on any atom is 0.0343 e. The Labute approximate surface area is 138 Å². The zero-order valence-electron chi connectivity index (χ0n) is 12.5. The maximum atomic E-state index is 3.76. The van der Waals surface area contributed by atoms with Gasteiger partial charge in [-0.05, 0) is 59.7 Å². The molecule has 112 valence electrons. The van der Waals surface area contributed by atoms with Gasteiger partial charge in [0.2, 0.25) is 0 Å². The summed E-state index contributed by atoms with van der Waals surface area (Å²) in [5.41, 5.74) is 1.29. The van der Waals surface area contributed by atoms with Gasteiger partial charge in [-0.2, -0.15) is 0 Å². The number of hydrogen-bond acceptors (Lipinski definition) is 1. The third-order valence-corrected chi connectivity index (χ3v) is 5.04. The van der Waals surface area contributed by atoms with Crippen molar-refractivity contribution in [2.75, 3.05) is 5.32 Å². The van der Waals surface area contributed by atoms with Gasteiger partial charge < -0.3 is 5.32 Å². The van der Waals surface area contributed by atoms with Crippen LogP contribution < -0.4 is 5.32 Å². The van der Waals surface area contributed by atoms with E-state index >= 15 is 0 Å². The SMILES string of the molecule is Ic1ccc(NC2CCCCCCCCCCC2)cc1. The Kier molecular flexibility index (Phi) is 7.78. The van der Waals surface area contributed by atoms with Gasteiger partial charge in [0.15, 0.2) is 0 Å². The second kappa shape index (κ2) is 9.64. The van der Waals surface area contributed by atoms with Gasteiger partial charge in [-0.3, -0.25) is 0 Å². The van der Waals surface area contributed by atoms with Crippen LogP contribution in [0.5, 0.6) is 0 Å². The Hall–Kier alpha value is -0.250. The highest BCUT2D eigenvalue weighted by molar-refractivity contribution is 14.1. The number of anilines is 1. The molecule has 1 aliphatic rings. The Bertz CT molecular complexity index is 348. The summed E-state index contributed by atoms with van der Waals surface area (Å²) >= 11 is 2.37. The van der Waals surface area contributed by atoms with Gasteiger partial charge in [-0.25, -0.2) is 0 Å². The molecule has 0 unspecified atom stereocenters. The Morgan fingerprint density at radius 3 is 1.65 bits per heavy atom. The average molecular weight is 385 g/mol. The Morgan fingerprint density at radius 1 is 0.700 bits per heavy atom. The first-order valence-electron chi connectivity index (χ1n) is 8.37. The van der Waals surface area contributed by atoms with Crippen molar-refractivity contribution in [1.82, 2.24) is 0 Å². The number of halogens is 1. The first-order chi connectivity index (χ1) is 9.84. The second-order valence-corrected chi connectivity index (χ2v) is 7.35. The predicted octanol–water partition coefficient (Wildman–Crippen LogP) is 6.38. The molecular weight excluding hydrogens is 357 g/mol. The molecule has 2 rings (SSSR count). The molecule has 1 nitrogen and oxygen atoms in total. The van der Waals surface area contributed by atoms with Crippen LogP contribution in [-0.4, -0.2) is 6.04 Å². The summed E-state index contributed by atoms with van der Waals surface area (Å²) in [6.45, 7) is 0. The molecule has 0 aromatic heterocycles. The highest BCUT2D eigenvalue weighted by Gasteiger charge is 2.09. The monoisotopic (exact) mass is 385 g/mol. The molecule has 0 bridgehead atoms. The van der Waals surface area contributed by atoms with E-state index in [-0.39, 0.29) is 0 Å². The number of nitrogens with one attached hydrogen (secondary N) is 1. The maximum absolute atomic E-state index is 3.76. The van der Waals surface area contributed by atoms with E-state index in [0.717, 1.165) is 0 Å². The molecule has 0 atom stereocenters.